The van der Waals surface area contributed by atoms with Crippen LogP contribution in [0.5, 0.6) is 0 Å². The Kier molecular flexibility index (Phi) is 5.37. The molecule has 3 unspecified atom stereocenters. The Balaban J connectivity index is 1.93. The zero-order valence-electron chi connectivity index (χ0n) is 13.3. The molecule has 0 aliphatic carbocycles. The van der Waals surface area contributed by atoms with Crippen LogP contribution in [0.25, 0.3) is 0 Å². The molecule has 4 heteroatoms. The summed E-state index contributed by atoms with van der Waals surface area (Å²) < 4.78 is 0. The lowest BCUT2D eigenvalue weighted by atomic mass is 9.96. The Bertz CT molecular complexity index is 452. The van der Waals surface area contributed by atoms with E-state index >= 15 is 0 Å². The van der Waals surface area contributed by atoms with Crippen LogP contribution < -0.4 is 5.73 Å². The first-order valence-corrected chi connectivity index (χ1v) is 7.76. The maximum Gasteiger partial charge on any atom is 0.236 e. The number of nitrogens with two attached hydrogens (primary N) is 1. The lowest BCUT2D eigenvalue weighted by molar-refractivity contribution is -0.133. The third kappa shape index (κ3) is 4.29. The summed E-state index contributed by atoms with van der Waals surface area (Å²) in [6, 6.07) is 10.4. The van der Waals surface area contributed by atoms with Crippen LogP contribution >= 0.6 is 0 Å². The van der Waals surface area contributed by atoms with Gasteiger partial charge in [0.15, 0.2) is 0 Å². The van der Waals surface area contributed by atoms with Gasteiger partial charge in [0.05, 0.1) is 12.6 Å². The SMILES string of the molecule is CC1CC(N)CN(CC(=O)N(C)C(C)c2ccccc2)C1. The summed E-state index contributed by atoms with van der Waals surface area (Å²) in [6.45, 7) is 6.52. The summed E-state index contributed by atoms with van der Waals surface area (Å²) in [5, 5.41) is 0. The number of likely N-dealkylation sites (N-methyl/N-ethyl adjacent to an activating group) is 1. The van der Waals surface area contributed by atoms with Crippen molar-refractivity contribution in [1.29, 1.82) is 0 Å². The monoisotopic (exact) mass is 289 g/mol. The van der Waals surface area contributed by atoms with E-state index in [0.29, 0.717) is 12.5 Å². The first kappa shape index (κ1) is 16.0. The molecule has 0 radical (unpaired) electrons. The lowest BCUT2D eigenvalue weighted by Crippen LogP contribution is -2.50. The molecular weight excluding hydrogens is 262 g/mol. The number of rotatable bonds is 4. The highest BCUT2D eigenvalue weighted by Gasteiger charge is 2.26. The van der Waals surface area contributed by atoms with E-state index in [4.69, 9.17) is 5.73 Å². The van der Waals surface area contributed by atoms with Crippen LogP contribution in [-0.4, -0.2) is 48.4 Å². The molecule has 2 rings (SSSR count). The van der Waals surface area contributed by atoms with E-state index in [-0.39, 0.29) is 18.0 Å². The van der Waals surface area contributed by atoms with Gasteiger partial charge < -0.3 is 10.6 Å². The van der Waals surface area contributed by atoms with Crippen LogP contribution in [0.1, 0.15) is 31.9 Å². The second-order valence-electron chi connectivity index (χ2n) is 6.39. The molecule has 3 atom stereocenters. The second kappa shape index (κ2) is 7.05. The summed E-state index contributed by atoms with van der Waals surface area (Å²) in [6.07, 6.45) is 1.06. The van der Waals surface area contributed by atoms with Crippen LogP contribution in [0.2, 0.25) is 0 Å². The van der Waals surface area contributed by atoms with E-state index < -0.39 is 0 Å². The maximum atomic E-state index is 12.5. The van der Waals surface area contributed by atoms with Crippen LogP contribution in [0, 0.1) is 5.92 Å². The number of carbonyl (C=O) groups excluding carboxylic acids is 1. The van der Waals surface area contributed by atoms with Crippen molar-refractivity contribution in [2.24, 2.45) is 11.7 Å². The minimum atomic E-state index is 0.0922. The average molecular weight is 289 g/mol. The summed E-state index contributed by atoms with van der Waals surface area (Å²) >= 11 is 0. The Hall–Kier alpha value is -1.39. The first-order valence-electron chi connectivity index (χ1n) is 7.76. The van der Waals surface area contributed by atoms with Gasteiger partial charge in [-0.3, -0.25) is 9.69 Å². The van der Waals surface area contributed by atoms with Gasteiger partial charge >= 0.3 is 0 Å². The Morgan fingerprint density at radius 1 is 1.38 bits per heavy atom. The van der Waals surface area contributed by atoms with Crippen molar-refractivity contribution < 1.29 is 4.79 Å². The summed E-state index contributed by atoms with van der Waals surface area (Å²) in [5.74, 6) is 0.728. The molecule has 1 aliphatic heterocycles. The molecule has 21 heavy (non-hydrogen) atoms. The van der Waals surface area contributed by atoms with Gasteiger partial charge in [0.2, 0.25) is 5.91 Å². The molecular formula is C17H27N3O. The standard InChI is InChI=1S/C17H27N3O/c1-13-9-16(18)11-20(10-13)12-17(21)19(3)14(2)15-7-5-4-6-8-15/h4-8,13-14,16H,9-12,18H2,1-3H3. The van der Waals surface area contributed by atoms with Crippen molar-refractivity contribution >= 4 is 5.91 Å². The smallest absolute Gasteiger partial charge is 0.236 e. The van der Waals surface area contributed by atoms with E-state index in [0.717, 1.165) is 25.1 Å². The van der Waals surface area contributed by atoms with Gasteiger partial charge in [-0.15, -0.1) is 0 Å². The number of hydrogen-bond acceptors (Lipinski definition) is 3. The predicted octanol–water partition coefficient (Wildman–Crippen LogP) is 1.88. The van der Waals surface area contributed by atoms with E-state index in [1.54, 1.807) is 0 Å². The molecule has 0 bridgehead atoms. The largest absolute Gasteiger partial charge is 0.338 e. The minimum Gasteiger partial charge on any atom is -0.338 e. The molecule has 0 aromatic heterocycles. The molecule has 1 heterocycles. The van der Waals surface area contributed by atoms with Gasteiger partial charge in [-0.1, -0.05) is 37.3 Å². The van der Waals surface area contributed by atoms with Crippen LogP contribution in [0.4, 0.5) is 0 Å². The van der Waals surface area contributed by atoms with Crippen molar-refractivity contribution in [3.05, 3.63) is 35.9 Å². The third-order valence-electron chi connectivity index (χ3n) is 4.38. The van der Waals surface area contributed by atoms with Crippen molar-refractivity contribution in [2.45, 2.75) is 32.4 Å². The van der Waals surface area contributed by atoms with Crippen LogP contribution in [0.3, 0.4) is 0 Å². The van der Waals surface area contributed by atoms with Gasteiger partial charge in [-0.05, 0) is 24.8 Å². The molecule has 116 valence electrons. The first-order chi connectivity index (χ1) is 9.97. The number of amides is 1. The highest BCUT2D eigenvalue weighted by atomic mass is 16.2. The molecule has 0 spiro atoms. The van der Waals surface area contributed by atoms with Gasteiger partial charge in [0.1, 0.15) is 0 Å². The number of piperidine rings is 1. The molecule has 1 aromatic rings. The van der Waals surface area contributed by atoms with E-state index in [2.05, 4.69) is 30.9 Å². The molecule has 1 amide bonds. The van der Waals surface area contributed by atoms with Gasteiger partial charge in [-0.25, -0.2) is 0 Å². The number of carbonyl (C=O) groups is 1. The molecule has 2 N–H and O–H groups in total. The molecule has 1 aliphatic rings. The fraction of sp³-hybridized carbons (Fsp3) is 0.588. The number of hydrogen-bond donors (Lipinski definition) is 1. The molecule has 1 aromatic carbocycles. The number of benzene rings is 1. The summed E-state index contributed by atoms with van der Waals surface area (Å²) in [4.78, 5) is 16.5. The Labute approximate surface area is 127 Å². The quantitative estimate of drug-likeness (QED) is 0.920. The number of likely N-dealkylation sites (tertiary alicyclic amines) is 1. The Morgan fingerprint density at radius 3 is 2.67 bits per heavy atom. The normalized spacial score (nSPS) is 24.6. The van der Waals surface area contributed by atoms with E-state index in [9.17, 15) is 4.79 Å². The summed E-state index contributed by atoms with van der Waals surface area (Å²) in [7, 11) is 1.88. The fourth-order valence-corrected chi connectivity index (χ4v) is 3.12. The van der Waals surface area contributed by atoms with Crippen molar-refractivity contribution in [1.82, 2.24) is 9.80 Å². The van der Waals surface area contributed by atoms with E-state index in [1.165, 1.54) is 0 Å². The average Bonchev–Trinajstić information content (AvgIpc) is 2.45. The predicted molar refractivity (Wildman–Crippen MR) is 85.8 cm³/mol. The van der Waals surface area contributed by atoms with Crippen molar-refractivity contribution in [3.8, 4) is 0 Å². The van der Waals surface area contributed by atoms with Gasteiger partial charge in [0.25, 0.3) is 0 Å². The lowest BCUT2D eigenvalue weighted by Gasteiger charge is -2.36. The van der Waals surface area contributed by atoms with E-state index in [1.807, 2.05) is 30.1 Å². The minimum absolute atomic E-state index is 0.0922. The fourth-order valence-electron chi connectivity index (χ4n) is 3.12. The van der Waals surface area contributed by atoms with Crippen LogP contribution in [-0.2, 0) is 4.79 Å². The highest BCUT2D eigenvalue weighted by Crippen LogP contribution is 2.19. The third-order valence-corrected chi connectivity index (χ3v) is 4.38. The van der Waals surface area contributed by atoms with Crippen molar-refractivity contribution in [3.63, 3.8) is 0 Å². The molecule has 1 fully saturated rings. The van der Waals surface area contributed by atoms with Crippen molar-refractivity contribution in [2.75, 3.05) is 26.7 Å². The van der Waals surface area contributed by atoms with Crippen LogP contribution in [0.15, 0.2) is 30.3 Å². The second-order valence-corrected chi connectivity index (χ2v) is 6.39. The van der Waals surface area contributed by atoms with Gasteiger partial charge in [-0.2, -0.15) is 0 Å². The topological polar surface area (TPSA) is 49.6 Å². The maximum absolute atomic E-state index is 12.5. The zero-order valence-corrected chi connectivity index (χ0v) is 13.3. The van der Waals surface area contributed by atoms with Gasteiger partial charge in [0, 0.05) is 26.2 Å². The molecule has 0 saturated carbocycles. The molecule has 4 nitrogen and oxygen atoms in total. The summed E-state index contributed by atoms with van der Waals surface area (Å²) in [5.41, 5.74) is 7.22. The Morgan fingerprint density at radius 2 is 2.05 bits per heavy atom. The zero-order chi connectivity index (χ0) is 15.4. The highest BCUT2D eigenvalue weighted by molar-refractivity contribution is 5.78. The molecule has 1 saturated heterocycles. The number of nitrogens with zero attached hydrogens (tertiary/aromatic N) is 2.